The van der Waals surface area contributed by atoms with Crippen LogP contribution in [-0.2, 0) is 12.0 Å². The molecule has 4 heterocycles. The Labute approximate surface area is 200 Å². The van der Waals surface area contributed by atoms with Gasteiger partial charge in [0.2, 0.25) is 5.43 Å². The van der Waals surface area contributed by atoms with Crippen LogP contribution in [0.15, 0.2) is 41.7 Å². The Balaban J connectivity index is 1.47. The number of H-pyrrole nitrogens is 1. The van der Waals surface area contributed by atoms with Crippen LogP contribution < -0.4 is 21.2 Å². The first-order valence-corrected chi connectivity index (χ1v) is 11.9. The summed E-state index contributed by atoms with van der Waals surface area (Å²) in [6.45, 7) is 0.903. The Kier molecular flexibility index (Phi) is 5.16. The van der Waals surface area contributed by atoms with Crippen LogP contribution in [0.2, 0.25) is 0 Å². The van der Waals surface area contributed by atoms with E-state index in [0.29, 0.717) is 35.8 Å². The van der Waals surface area contributed by atoms with Gasteiger partial charge in [-0.2, -0.15) is 0 Å². The molecule has 0 radical (unpaired) electrons. The van der Waals surface area contributed by atoms with Crippen LogP contribution in [0.1, 0.15) is 37.8 Å². The van der Waals surface area contributed by atoms with E-state index in [1.807, 2.05) is 24.4 Å². The molecule has 0 bridgehead atoms. The van der Waals surface area contributed by atoms with Gasteiger partial charge in [-0.15, -0.1) is 10.2 Å². The smallest absolute Gasteiger partial charge is 0.202 e. The van der Waals surface area contributed by atoms with Gasteiger partial charge >= 0.3 is 0 Å². The van der Waals surface area contributed by atoms with E-state index >= 15 is 4.39 Å². The van der Waals surface area contributed by atoms with Crippen LogP contribution in [0.3, 0.4) is 0 Å². The fourth-order valence-corrected chi connectivity index (χ4v) is 5.45. The molecule has 2 aliphatic rings. The van der Waals surface area contributed by atoms with Gasteiger partial charge in [-0.3, -0.25) is 9.78 Å². The summed E-state index contributed by atoms with van der Waals surface area (Å²) < 4.78 is 24.0. The van der Waals surface area contributed by atoms with Gasteiger partial charge in [0.25, 0.3) is 0 Å². The first-order chi connectivity index (χ1) is 17.1. The highest BCUT2D eigenvalue weighted by Crippen LogP contribution is 2.49. The van der Waals surface area contributed by atoms with Crippen molar-refractivity contribution in [3.05, 3.63) is 58.7 Å². The van der Waals surface area contributed by atoms with Gasteiger partial charge < -0.3 is 25.3 Å². The van der Waals surface area contributed by atoms with E-state index in [-0.39, 0.29) is 22.3 Å². The van der Waals surface area contributed by atoms with Crippen molar-refractivity contribution in [1.29, 1.82) is 0 Å². The summed E-state index contributed by atoms with van der Waals surface area (Å²) >= 11 is 0. The Morgan fingerprint density at radius 1 is 1.29 bits per heavy atom. The number of aromatic amines is 1. The third-order valence-electron chi connectivity index (χ3n) is 7.21. The fraction of sp³-hybridized carbons (Fsp3) is 0.360. The maximum Gasteiger partial charge on any atom is 0.202 e. The molecule has 0 saturated heterocycles. The molecule has 1 spiro atoms. The van der Waals surface area contributed by atoms with Crippen LogP contribution in [0.5, 0.6) is 5.75 Å². The molecule has 10 heteroatoms. The Morgan fingerprint density at radius 2 is 2.14 bits per heavy atom. The molecule has 9 nitrogen and oxygen atoms in total. The number of ether oxygens (including phenoxy) is 1. The minimum absolute atomic E-state index is 0.122. The van der Waals surface area contributed by atoms with Crippen LogP contribution >= 0.6 is 0 Å². The minimum Gasteiger partial charge on any atom is -0.487 e. The number of hydrogen-bond acceptors (Lipinski definition) is 7. The second kappa shape index (κ2) is 8.37. The molecule has 0 amide bonds. The molecule has 1 aliphatic heterocycles. The van der Waals surface area contributed by atoms with Crippen molar-refractivity contribution < 1.29 is 9.13 Å². The molecular weight excluding hydrogens is 449 g/mol. The highest BCUT2D eigenvalue weighted by Gasteiger charge is 2.42. The monoisotopic (exact) mass is 475 g/mol. The second-order valence-corrected chi connectivity index (χ2v) is 9.31. The lowest BCUT2D eigenvalue weighted by molar-refractivity contribution is 0.143. The number of hydrogen-bond donors (Lipinski definition) is 3. The SMILES string of the molecule is Nc1c(F)c(NCCCc2ccccn2)c2c3c1c(=O)c(-c1nnc[nH]1)cn3C1(CCCC1)CO2. The summed E-state index contributed by atoms with van der Waals surface area (Å²) in [4.78, 5) is 20.8. The number of halogens is 1. The number of nitrogen functional groups attached to an aromatic ring is 1. The lowest BCUT2D eigenvalue weighted by atomic mass is 9.93. The van der Waals surface area contributed by atoms with E-state index in [2.05, 4.69) is 30.0 Å². The van der Waals surface area contributed by atoms with Crippen LogP contribution in [-0.4, -0.2) is 37.9 Å². The average Bonchev–Trinajstić information content (AvgIpc) is 3.57. The summed E-state index contributed by atoms with van der Waals surface area (Å²) in [5, 5.41) is 11.2. The molecule has 1 aromatic carbocycles. The van der Waals surface area contributed by atoms with Gasteiger partial charge in [-0.05, 0) is 37.8 Å². The first kappa shape index (κ1) is 21.6. The van der Waals surface area contributed by atoms with Gasteiger partial charge in [0.1, 0.15) is 18.6 Å². The Hall–Kier alpha value is -3.95. The first-order valence-electron chi connectivity index (χ1n) is 11.9. The number of pyridine rings is 2. The van der Waals surface area contributed by atoms with Gasteiger partial charge in [0.15, 0.2) is 17.4 Å². The van der Waals surface area contributed by atoms with Crippen molar-refractivity contribution >= 4 is 22.3 Å². The summed E-state index contributed by atoms with van der Waals surface area (Å²) in [5.41, 5.74) is 7.44. The minimum atomic E-state index is -0.675. The van der Waals surface area contributed by atoms with E-state index < -0.39 is 11.2 Å². The molecule has 6 rings (SSSR count). The molecule has 35 heavy (non-hydrogen) atoms. The van der Waals surface area contributed by atoms with E-state index in [4.69, 9.17) is 10.5 Å². The number of anilines is 2. The fourth-order valence-electron chi connectivity index (χ4n) is 5.45. The maximum atomic E-state index is 15.6. The molecular formula is C25H26FN7O2. The number of benzene rings is 1. The van der Waals surface area contributed by atoms with E-state index in [1.54, 1.807) is 6.20 Å². The zero-order chi connectivity index (χ0) is 24.0. The van der Waals surface area contributed by atoms with Crippen molar-refractivity contribution in [2.45, 2.75) is 44.1 Å². The van der Waals surface area contributed by atoms with Crippen LogP contribution in [0.25, 0.3) is 22.3 Å². The van der Waals surface area contributed by atoms with Crippen molar-refractivity contribution in [2.75, 3.05) is 24.2 Å². The predicted octanol–water partition coefficient (Wildman–Crippen LogP) is 3.61. The van der Waals surface area contributed by atoms with Gasteiger partial charge in [-0.1, -0.05) is 18.9 Å². The third kappa shape index (κ3) is 3.43. The molecule has 0 atom stereocenters. The molecule has 4 N–H and O–H groups in total. The molecule has 3 aromatic heterocycles. The second-order valence-electron chi connectivity index (χ2n) is 9.31. The predicted molar refractivity (Wildman–Crippen MR) is 131 cm³/mol. The highest BCUT2D eigenvalue weighted by molar-refractivity contribution is 6.01. The number of aromatic nitrogens is 5. The highest BCUT2D eigenvalue weighted by atomic mass is 19.1. The summed E-state index contributed by atoms with van der Waals surface area (Å²) in [5.74, 6) is -0.00673. The summed E-state index contributed by atoms with van der Waals surface area (Å²) in [6.07, 6.45) is 10.4. The number of rotatable bonds is 6. The lowest BCUT2D eigenvalue weighted by Gasteiger charge is -2.39. The largest absolute Gasteiger partial charge is 0.487 e. The van der Waals surface area contributed by atoms with Crippen molar-refractivity contribution in [1.82, 2.24) is 24.7 Å². The lowest BCUT2D eigenvalue weighted by Crippen LogP contribution is -2.41. The number of aryl methyl sites for hydroxylation is 1. The summed E-state index contributed by atoms with van der Waals surface area (Å²) in [6, 6.07) is 5.79. The van der Waals surface area contributed by atoms with E-state index in [0.717, 1.165) is 44.2 Å². The quantitative estimate of drug-likeness (QED) is 0.287. The van der Waals surface area contributed by atoms with E-state index in [9.17, 15) is 4.79 Å². The normalized spacial score (nSPS) is 16.0. The van der Waals surface area contributed by atoms with Gasteiger partial charge in [0, 0.05) is 24.6 Å². The molecule has 4 aromatic rings. The molecule has 0 unspecified atom stereocenters. The topological polar surface area (TPSA) is 124 Å². The maximum absolute atomic E-state index is 15.6. The van der Waals surface area contributed by atoms with E-state index in [1.165, 1.54) is 6.33 Å². The van der Waals surface area contributed by atoms with Crippen LogP contribution in [0.4, 0.5) is 15.8 Å². The number of nitrogens with zero attached hydrogens (tertiary/aromatic N) is 4. The zero-order valence-electron chi connectivity index (χ0n) is 19.2. The van der Waals surface area contributed by atoms with Gasteiger partial charge in [-0.25, -0.2) is 4.39 Å². The van der Waals surface area contributed by atoms with Crippen LogP contribution in [0, 0.1) is 5.82 Å². The molecule has 1 saturated carbocycles. The molecule has 1 aliphatic carbocycles. The Morgan fingerprint density at radius 3 is 2.89 bits per heavy atom. The van der Waals surface area contributed by atoms with Crippen molar-refractivity contribution in [3.8, 4) is 17.1 Å². The number of nitrogens with two attached hydrogens (primary N) is 1. The standard InChI is InChI=1S/C25H26FN7O2/c26-18-19(27)17-21-23(20(18)29-11-5-7-15-6-1-4-10-28-15)35-13-25(8-2-3-9-25)33(21)12-16(22(17)34)24-30-14-31-32-24/h1,4,6,10,12,14,29H,2-3,5,7-9,11,13,27H2,(H,30,31,32). The number of nitrogens with one attached hydrogen (secondary N) is 2. The Bertz CT molecular complexity index is 1440. The van der Waals surface area contributed by atoms with Gasteiger partial charge in [0.05, 0.1) is 27.7 Å². The van der Waals surface area contributed by atoms with Crippen molar-refractivity contribution in [3.63, 3.8) is 0 Å². The third-order valence-corrected chi connectivity index (χ3v) is 7.21. The zero-order valence-corrected chi connectivity index (χ0v) is 19.2. The van der Waals surface area contributed by atoms with Crippen molar-refractivity contribution in [2.24, 2.45) is 0 Å². The number of fused-ring (bicyclic) bond motifs is 1. The average molecular weight is 476 g/mol. The molecule has 1 fully saturated rings. The summed E-state index contributed by atoms with van der Waals surface area (Å²) in [7, 11) is 0. The molecule has 180 valence electrons.